The van der Waals surface area contributed by atoms with Gasteiger partial charge in [-0.3, -0.25) is 0 Å². The number of ether oxygens (including phenoxy) is 1. The van der Waals surface area contributed by atoms with Crippen molar-refractivity contribution in [3.8, 4) is 0 Å². The zero-order chi connectivity index (χ0) is 14.8. The predicted octanol–water partition coefficient (Wildman–Crippen LogP) is 0.986. The Morgan fingerprint density at radius 2 is 1.75 bits per heavy atom. The van der Waals surface area contributed by atoms with Crippen molar-refractivity contribution in [1.29, 1.82) is 0 Å². The van der Waals surface area contributed by atoms with Crippen LogP contribution in [0.2, 0.25) is 0 Å². The first-order valence-electron chi connectivity index (χ1n) is 6.88. The van der Waals surface area contributed by atoms with Crippen molar-refractivity contribution in [2.24, 2.45) is 5.73 Å². The molecule has 2 atom stereocenters. The molecule has 0 amide bonds. The van der Waals surface area contributed by atoms with E-state index in [1.807, 2.05) is 26.0 Å². The first-order chi connectivity index (χ1) is 9.43. The molecule has 1 fully saturated rings. The van der Waals surface area contributed by atoms with Gasteiger partial charge in [0.2, 0.25) is 10.0 Å². The summed E-state index contributed by atoms with van der Waals surface area (Å²) >= 11 is 0. The third kappa shape index (κ3) is 3.38. The molecule has 1 aliphatic heterocycles. The molecule has 0 spiro atoms. The summed E-state index contributed by atoms with van der Waals surface area (Å²) in [6, 6.07) is 6.97. The third-order valence-electron chi connectivity index (χ3n) is 3.38. The number of hydrogen-bond donors (Lipinski definition) is 1. The lowest BCUT2D eigenvalue weighted by molar-refractivity contribution is -0.0440. The molecule has 2 unspecified atom stereocenters. The van der Waals surface area contributed by atoms with Crippen molar-refractivity contribution in [1.82, 2.24) is 4.31 Å². The lowest BCUT2D eigenvalue weighted by Gasteiger charge is -2.34. The summed E-state index contributed by atoms with van der Waals surface area (Å²) in [6.45, 7) is 5.14. The van der Waals surface area contributed by atoms with Crippen molar-refractivity contribution < 1.29 is 13.2 Å². The van der Waals surface area contributed by atoms with Crippen molar-refractivity contribution in [2.45, 2.75) is 37.4 Å². The second-order valence-electron chi connectivity index (χ2n) is 5.26. The van der Waals surface area contributed by atoms with Gasteiger partial charge in [-0.25, -0.2) is 8.42 Å². The number of benzene rings is 1. The van der Waals surface area contributed by atoms with E-state index < -0.39 is 10.0 Å². The Morgan fingerprint density at radius 1 is 1.20 bits per heavy atom. The minimum Gasteiger partial charge on any atom is -0.373 e. The van der Waals surface area contributed by atoms with Gasteiger partial charge in [-0.05, 0) is 44.5 Å². The van der Waals surface area contributed by atoms with Crippen LogP contribution in [0.4, 0.5) is 0 Å². The Hall–Kier alpha value is -0.950. The smallest absolute Gasteiger partial charge is 0.243 e. The van der Waals surface area contributed by atoms with Crippen molar-refractivity contribution in [2.75, 3.05) is 19.6 Å². The summed E-state index contributed by atoms with van der Waals surface area (Å²) in [6.07, 6.45) is 0.599. The van der Waals surface area contributed by atoms with Crippen molar-refractivity contribution in [3.05, 3.63) is 29.8 Å². The lowest BCUT2D eigenvalue weighted by Crippen LogP contribution is -2.48. The van der Waals surface area contributed by atoms with Gasteiger partial charge in [0.05, 0.1) is 17.1 Å². The van der Waals surface area contributed by atoms with Crippen LogP contribution >= 0.6 is 0 Å². The first-order valence-corrected chi connectivity index (χ1v) is 8.32. The van der Waals surface area contributed by atoms with Crippen LogP contribution in [-0.2, 0) is 21.2 Å². The summed E-state index contributed by atoms with van der Waals surface area (Å²) < 4.78 is 32.3. The molecule has 0 aromatic heterocycles. The van der Waals surface area contributed by atoms with E-state index in [0.29, 0.717) is 24.5 Å². The van der Waals surface area contributed by atoms with Gasteiger partial charge in [0.25, 0.3) is 0 Å². The second kappa shape index (κ2) is 6.22. The lowest BCUT2D eigenvalue weighted by atomic mass is 10.2. The minimum absolute atomic E-state index is 0.0787. The Kier molecular flexibility index (Phi) is 4.80. The molecular formula is C14H22N2O3S. The van der Waals surface area contributed by atoms with E-state index in [1.165, 1.54) is 4.31 Å². The molecule has 1 aliphatic rings. The fourth-order valence-corrected chi connectivity index (χ4v) is 4.06. The van der Waals surface area contributed by atoms with Crippen LogP contribution in [0.5, 0.6) is 0 Å². The first kappa shape index (κ1) is 15.4. The highest BCUT2D eigenvalue weighted by Crippen LogP contribution is 2.21. The van der Waals surface area contributed by atoms with Gasteiger partial charge in [0, 0.05) is 13.1 Å². The van der Waals surface area contributed by atoms with Gasteiger partial charge < -0.3 is 10.5 Å². The SMILES string of the molecule is CC1CN(S(=O)(=O)c2ccc(CCN)cc2)CC(C)O1. The zero-order valence-electron chi connectivity index (χ0n) is 12.0. The second-order valence-corrected chi connectivity index (χ2v) is 7.20. The standard InChI is InChI=1S/C14H22N2O3S/c1-11-9-16(10-12(2)19-11)20(17,18)14-5-3-13(4-6-14)7-8-15/h3-6,11-12H,7-10,15H2,1-2H3. The summed E-state index contributed by atoms with van der Waals surface area (Å²) in [5, 5.41) is 0. The summed E-state index contributed by atoms with van der Waals surface area (Å²) in [4.78, 5) is 0.333. The molecule has 1 saturated heterocycles. The molecule has 112 valence electrons. The summed E-state index contributed by atoms with van der Waals surface area (Å²) in [5.74, 6) is 0. The molecule has 1 aromatic rings. The number of nitrogens with zero attached hydrogens (tertiary/aromatic N) is 1. The molecule has 0 radical (unpaired) electrons. The van der Waals surface area contributed by atoms with E-state index in [1.54, 1.807) is 12.1 Å². The molecule has 0 saturated carbocycles. The molecule has 1 aromatic carbocycles. The van der Waals surface area contributed by atoms with Crippen molar-refractivity contribution >= 4 is 10.0 Å². The molecule has 1 heterocycles. The number of rotatable bonds is 4. The maximum absolute atomic E-state index is 12.6. The van der Waals surface area contributed by atoms with E-state index in [2.05, 4.69) is 0 Å². The molecule has 2 N–H and O–H groups in total. The van der Waals surface area contributed by atoms with Crippen LogP contribution in [0.1, 0.15) is 19.4 Å². The Bertz CT molecular complexity index is 532. The highest BCUT2D eigenvalue weighted by atomic mass is 32.2. The van der Waals surface area contributed by atoms with Crippen LogP contribution < -0.4 is 5.73 Å². The third-order valence-corrected chi connectivity index (χ3v) is 5.23. The summed E-state index contributed by atoms with van der Waals surface area (Å²) in [5.41, 5.74) is 6.54. The van der Waals surface area contributed by atoms with E-state index in [-0.39, 0.29) is 12.2 Å². The topological polar surface area (TPSA) is 72.6 Å². The van der Waals surface area contributed by atoms with E-state index in [9.17, 15) is 8.42 Å². The largest absolute Gasteiger partial charge is 0.373 e. The number of nitrogens with two attached hydrogens (primary N) is 1. The molecular weight excluding hydrogens is 276 g/mol. The van der Waals surface area contributed by atoms with Crippen molar-refractivity contribution in [3.63, 3.8) is 0 Å². The Labute approximate surface area is 120 Å². The maximum Gasteiger partial charge on any atom is 0.243 e. The fourth-order valence-electron chi connectivity index (χ4n) is 2.47. The highest BCUT2D eigenvalue weighted by molar-refractivity contribution is 7.89. The zero-order valence-corrected chi connectivity index (χ0v) is 12.8. The Balaban J connectivity index is 2.21. The minimum atomic E-state index is -3.44. The van der Waals surface area contributed by atoms with E-state index in [0.717, 1.165) is 12.0 Å². The highest BCUT2D eigenvalue weighted by Gasteiger charge is 2.31. The average molecular weight is 298 g/mol. The van der Waals surface area contributed by atoms with Gasteiger partial charge in [0.15, 0.2) is 0 Å². The number of sulfonamides is 1. The van der Waals surface area contributed by atoms with Crippen LogP contribution in [0, 0.1) is 0 Å². The molecule has 5 nitrogen and oxygen atoms in total. The molecule has 6 heteroatoms. The van der Waals surface area contributed by atoms with Crippen LogP contribution in [0.15, 0.2) is 29.2 Å². The Morgan fingerprint density at radius 3 is 2.25 bits per heavy atom. The predicted molar refractivity (Wildman–Crippen MR) is 78.0 cm³/mol. The normalized spacial score (nSPS) is 24.8. The molecule has 0 bridgehead atoms. The van der Waals surface area contributed by atoms with Crippen LogP contribution in [0.25, 0.3) is 0 Å². The maximum atomic E-state index is 12.6. The van der Waals surface area contributed by atoms with Gasteiger partial charge >= 0.3 is 0 Å². The van der Waals surface area contributed by atoms with Gasteiger partial charge in [-0.2, -0.15) is 4.31 Å². The monoisotopic (exact) mass is 298 g/mol. The van der Waals surface area contributed by atoms with Crippen LogP contribution in [0.3, 0.4) is 0 Å². The quantitative estimate of drug-likeness (QED) is 0.899. The fraction of sp³-hybridized carbons (Fsp3) is 0.571. The summed E-state index contributed by atoms with van der Waals surface area (Å²) in [7, 11) is -3.44. The van der Waals surface area contributed by atoms with Gasteiger partial charge in [-0.1, -0.05) is 12.1 Å². The van der Waals surface area contributed by atoms with Gasteiger partial charge in [0.1, 0.15) is 0 Å². The molecule has 0 aliphatic carbocycles. The van der Waals surface area contributed by atoms with E-state index in [4.69, 9.17) is 10.5 Å². The molecule has 2 rings (SSSR count). The van der Waals surface area contributed by atoms with E-state index >= 15 is 0 Å². The number of morpholine rings is 1. The molecule has 20 heavy (non-hydrogen) atoms. The van der Waals surface area contributed by atoms with Crippen LogP contribution in [-0.4, -0.2) is 44.6 Å². The van der Waals surface area contributed by atoms with Gasteiger partial charge in [-0.15, -0.1) is 0 Å². The number of hydrogen-bond acceptors (Lipinski definition) is 4. The average Bonchev–Trinajstić information content (AvgIpc) is 2.38.